The van der Waals surface area contributed by atoms with Gasteiger partial charge in [-0.2, -0.15) is 0 Å². The molecular weight excluding hydrogens is 464 g/mol. The van der Waals surface area contributed by atoms with Crippen molar-refractivity contribution in [2.45, 2.75) is 11.8 Å². The summed E-state index contributed by atoms with van der Waals surface area (Å²) in [5.41, 5.74) is 1.12. The van der Waals surface area contributed by atoms with Gasteiger partial charge in [0.25, 0.3) is 10.0 Å². The minimum Gasteiger partial charge on any atom is -0.372 e. The van der Waals surface area contributed by atoms with Crippen LogP contribution < -0.4 is 20.3 Å². The zero-order valence-corrected chi connectivity index (χ0v) is 19.1. The fourth-order valence-corrected chi connectivity index (χ4v) is 4.25. The maximum Gasteiger partial charge on any atom is 0.266 e. The number of rotatable bonds is 9. The lowest BCUT2D eigenvalue weighted by atomic mass is 10.2. The monoisotopic (exact) mass is 485 g/mol. The van der Waals surface area contributed by atoms with Gasteiger partial charge in [-0.25, -0.2) is 17.2 Å². The zero-order valence-electron chi connectivity index (χ0n) is 17.5. The predicted molar refractivity (Wildman–Crippen MR) is 120 cm³/mol. The van der Waals surface area contributed by atoms with Crippen LogP contribution in [0.3, 0.4) is 0 Å². The fraction of sp³-hybridized carbons (Fsp3) is 0.250. The first kappa shape index (κ1) is 23.8. The molecule has 0 radical (unpaired) electrons. The highest BCUT2D eigenvalue weighted by atomic mass is 35.5. The number of benzene rings is 2. The number of aryl methyl sites for hydroxylation is 1. The highest BCUT2D eigenvalue weighted by Crippen LogP contribution is 2.34. The molecule has 0 atom stereocenters. The maximum atomic E-state index is 14.8. The lowest BCUT2D eigenvalue weighted by molar-refractivity contribution is 0.400. The average molecular weight is 486 g/mol. The lowest BCUT2D eigenvalue weighted by Gasteiger charge is -2.23. The molecule has 3 rings (SSSR count). The van der Waals surface area contributed by atoms with E-state index in [0.717, 1.165) is 12.1 Å². The topological polar surface area (TPSA) is 99.5 Å². The van der Waals surface area contributed by atoms with Crippen LogP contribution in [-0.4, -0.2) is 40.8 Å². The van der Waals surface area contributed by atoms with Gasteiger partial charge < -0.3 is 20.1 Å². The van der Waals surface area contributed by atoms with Crippen molar-refractivity contribution in [3.8, 4) is 0 Å². The summed E-state index contributed by atoms with van der Waals surface area (Å²) < 4.78 is 60.7. The van der Waals surface area contributed by atoms with E-state index in [1.807, 2.05) is 4.90 Å². The summed E-state index contributed by atoms with van der Waals surface area (Å²) in [4.78, 5) is 1.16. The molecule has 0 aliphatic rings. The molecule has 2 aromatic carbocycles. The number of halogens is 3. The number of nitrogens with one attached hydrogen (secondary N) is 3. The summed E-state index contributed by atoms with van der Waals surface area (Å²) in [7, 11) is -0.720. The third kappa shape index (κ3) is 5.47. The minimum absolute atomic E-state index is 0.0451. The molecule has 12 heteroatoms. The Labute approximate surface area is 189 Å². The van der Waals surface area contributed by atoms with Crippen molar-refractivity contribution < 1.29 is 21.7 Å². The molecule has 0 bridgehead atoms. The number of hydrogen-bond acceptors (Lipinski definition) is 7. The van der Waals surface area contributed by atoms with Crippen molar-refractivity contribution in [1.29, 1.82) is 0 Å². The Morgan fingerprint density at radius 3 is 2.56 bits per heavy atom. The quantitative estimate of drug-likeness (QED) is 0.419. The van der Waals surface area contributed by atoms with Gasteiger partial charge >= 0.3 is 0 Å². The van der Waals surface area contributed by atoms with E-state index in [2.05, 4.69) is 20.5 Å². The average Bonchev–Trinajstić information content (AvgIpc) is 3.13. The zero-order chi connectivity index (χ0) is 23.5. The van der Waals surface area contributed by atoms with E-state index in [0.29, 0.717) is 30.2 Å². The van der Waals surface area contributed by atoms with E-state index in [9.17, 15) is 17.2 Å². The van der Waals surface area contributed by atoms with Crippen LogP contribution in [0, 0.1) is 18.6 Å². The summed E-state index contributed by atoms with van der Waals surface area (Å²) in [5, 5.41) is 9.45. The summed E-state index contributed by atoms with van der Waals surface area (Å²) in [6.45, 7) is 2.83. The highest BCUT2D eigenvalue weighted by molar-refractivity contribution is 7.92. The molecule has 1 aromatic heterocycles. The Morgan fingerprint density at radius 1 is 1.16 bits per heavy atom. The maximum absolute atomic E-state index is 14.8. The van der Waals surface area contributed by atoms with Gasteiger partial charge in [-0.1, -0.05) is 16.8 Å². The van der Waals surface area contributed by atoms with Crippen LogP contribution in [0.25, 0.3) is 0 Å². The number of likely N-dealkylation sites (N-methyl/N-ethyl adjacent to an activating group) is 2. The molecular formula is C20H22ClF2N5O3S. The standard InChI is InChI=1S/C20H22ClF2N5O3S/c1-12-8-20(26-31-12)27-32(29,30)19-10-14(21)17(11-15(19)23)25-16-5-4-13(22)9-18(16)28(3)7-6-24-2/h4-5,8-11,24-25H,6-7H2,1-3H3,(H,26,27). The van der Waals surface area contributed by atoms with Crippen LogP contribution in [0.2, 0.25) is 5.02 Å². The van der Waals surface area contributed by atoms with E-state index in [1.54, 1.807) is 21.0 Å². The Balaban J connectivity index is 1.91. The van der Waals surface area contributed by atoms with E-state index in [1.165, 1.54) is 24.3 Å². The normalized spacial score (nSPS) is 11.4. The van der Waals surface area contributed by atoms with E-state index in [4.69, 9.17) is 16.1 Å². The molecule has 0 spiro atoms. The SMILES string of the molecule is CNCCN(C)c1cc(F)ccc1Nc1cc(F)c(S(=O)(=O)Nc2cc(C)on2)cc1Cl. The number of sulfonamides is 1. The van der Waals surface area contributed by atoms with Gasteiger partial charge in [0, 0.05) is 32.3 Å². The van der Waals surface area contributed by atoms with Crippen molar-refractivity contribution >= 4 is 44.5 Å². The van der Waals surface area contributed by atoms with Gasteiger partial charge in [-0.15, -0.1) is 0 Å². The van der Waals surface area contributed by atoms with Crippen LogP contribution in [0.1, 0.15) is 5.76 Å². The molecule has 0 fully saturated rings. The second-order valence-corrected chi connectivity index (χ2v) is 9.06. The van der Waals surface area contributed by atoms with Crippen molar-refractivity contribution in [3.63, 3.8) is 0 Å². The first-order chi connectivity index (χ1) is 15.1. The molecule has 0 aliphatic heterocycles. The van der Waals surface area contributed by atoms with Crippen molar-refractivity contribution in [3.05, 3.63) is 58.8 Å². The Bertz CT molecular complexity index is 1220. The fourth-order valence-electron chi connectivity index (χ4n) is 2.91. The van der Waals surface area contributed by atoms with E-state index >= 15 is 0 Å². The molecule has 0 aliphatic carbocycles. The van der Waals surface area contributed by atoms with Crippen LogP contribution in [-0.2, 0) is 10.0 Å². The summed E-state index contributed by atoms with van der Waals surface area (Å²) >= 11 is 6.26. The lowest BCUT2D eigenvalue weighted by Crippen LogP contribution is -2.27. The van der Waals surface area contributed by atoms with Crippen LogP contribution in [0.5, 0.6) is 0 Å². The third-order valence-electron chi connectivity index (χ3n) is 4.52. The molecule has 0 amide bonds. The second-order valence-electron chi connectivity index (χ2n) is 7.00. The number of anilines is 4. The molecule has 3 aromatic rings. The van der Waals surface area contributed by atoms with E-state index in [-0.39, 0.29) is 16.5 Å². The largest absolute Gasteiger partial charge is 0.372 e. The van der Waals surface area contributed by atoms with Crippen LogP contribution >= 0.6 is 11.6 Å². The molecule has 8 nitrogen and oxygen atoms in total. The van der Waals surface area contributed by atoms with E-state index < -0.39 is 26.6 Å². The molecule has 3 N–H and O–H groups in total. The highest BCUT2D eigenvalue weighted by Gasteiger charge is 2.23. The summed E-state index contributed by atoms with van der Waals surface area (Å²) in [6, 6.07) is 7.39. The van der Waals surface area contributed by atoms with Gasteiger partial charge in [-0.3, -0.25) is 4.72 Å². The first-order valence-electron chi connectivity index (χ1n) is 9.48. The Hall–Kier alpha value is -2.89. The smallest absolute Gasteiger partial charge is 0.266 e. The van der Waals surface area contributed by atoms with Crippen LogP contribution in [0.4, 0.5) is 31.7 Å². The Kier molecular flexibility index (Phi) is 7.22. The van der Waals surface area contributed by atoms with Gasteiger partial charge in [0.1, 0.15) is 22.3 Å². The second kappa shape index (κ2) is 9.72. The Morgan fingerprint density at radius 2 is 1.91 bits per heavy atom. The van der Waals surface area contributed by atoms with Gasteiger partial charge in [0.2, 0.25) is 0 Å². The third-order valence-corrected chi connectivity index (χ3v) is 6.20. The minimum atomic E-state index is -4.30. The number of hydrogen-bond donors (Lipinski definition) is 3. The molecule has 0 saturated carbocycles. The van der Waals surface area contributed by atoms with Crippen LogP contribution in [0.15, 0.2) is 45.8 Å². The first-order valence-corrected chi connectivity index (χ1v) is 11.3. The predicted octanol–water partition coefficient (Wildman–Crippen LogP) is 4.11. The summed E-state index contributed by atoms with van der Waals surface area (Å²) in [5.74, 6) is -1.16. The van der Waals surface area contributed by atoms with Crippen molar-refractivity contribution in [2.75, 3.05) is 42.1 Å². The van der Waals surface area contributed by atoms with Crippen molar-refractivity contribution in [2.24, 2.45) is 0 Å². The molecule has 0 saturated heterocycles. The molecule has 0 unspecified atom stereocenters. The molecule has 172 valence electrons. The molecule has 1 heterocycles. The summed E-state index contributed by atoms with van der Waals surface area (Å²) in [6.07, 6.45) is 0. The van der Waals surface area contributed by atoms with Gasteiger partial charge in [0.05, 0.1) is 22.1 Å². The van der Waals surface area contributed by atoms with Gasteiger partial charge in [0.15, 0.2) is 5.82 Å². The van der Waals surface area contributed by atoms with Crippen molar-refractivity contribution in [1.82, 2.24) is 10.5 Å². The molecule has 32 heavy (non-hydrogen) atoms. The van der Waals surface area contributed by atoms with Gasteiger partial charge in [-0.05, 0) is 38.2 Å². The number of nitrogens with zero attached hydrogens (tertiary/aromatic N) is 2. The number of aromatic nitrogens is 1.